The van der Waals surface area contributed by atoms with E-state index in [4.69, 9.17) is 9.68 Å². The molecule has 2 aromatic heterocycles. The SMILES string of the molecule is Cc1cccc[n+]1OCCCCO[n+]1ccccc1C. The van der Waals surface area contributed by atoms with Crippen molar-refractivity contribution in [3.05, 3.63) is 60.2 Å². The number of pyridine rings is 2. The van der Waals surface area contributed by atoms with E-state index in [1.54, 1.807) is 9.46 Å². The van der Waals surface area contributed by atoms with E-state index in [2.05, 4.69) is 0 Å². The molecule has 0 N–H and O–H groups in total. The molecule has 20 heavy (non-hydrogen) atoms. The van der Waals surface area contributed by atoms with E-state index in [0.717, 1.165) is 24.2 Å². The van der Waals surface area contributed by atoms with Crippen molar-refractivity contribution >= 4 is 0 Å². The van der Waals surface area contributed by atoms with Gasteiger partial charge in [-0.3, -0.25) is 9.68 Å². The van der Waals surface area contributed by atoms with Crippen LogP contribution in [0.1, 0.15) is 24.2 Å². The topological polar surface area (TPSA) is 26.2 Å². The molecule has 0 aliphatic rings. The highest BCUT2D eigenvalue weighted by molar-refractivity contribution is 4.94. The second-order valence-corrected chi connectivity index (χ2v) is 4.71. The second-order valence-electron chi connectivity index (χ2n) is 4.71. The van der Waals surface area contributed by atoms with Gasteiger partial charge in [-0.15, -0.1) is 0 Å². The third-order valence-corrected chi connectivity index (χ3v) is 3.03. The molecule has 0 bridgehead atoms. The molecule has 0 saturated heterocycles. The molecule has 0 atom stereocenters. The summed E-state index contributed by atoms with van der Waals surface area (Å²) >= 11 is 0. The Morgan fingerprint density at radius 3 is 1.60 bits per heavy atom. The standard InChI is InChI=1S/C16H22N2O2/c1-15-9-3-5-11-17(15)19-13-7-8-14-20-18-12-6-4-10-16(18)2/h3-6,9-12H,7-8,13-14H2,1-2H3/q+2. The Hall–Kier alpha value is -2.10. The Morgan fingerprint density at radius 1 is 0.750 bits per heavy atom. The van der Waals surface area contributed by atoms with Gasteiger partial charge in [-0.2, -0.15) is 0 Å². The van der Waals surface area contributed by atoms with Crippen LogP contribution >= 0.6 is 0 Å². The number of hydrogen-bond acceptors (Lipinski definition) is 2. The van der Waals surface area contributed by atoms with E-state index in [1.165, 1.54) is 0 Å². The van der Waals surface area contributed by atoms with Gasteiger partial charge in [0, 0.05) is 47.6 Å². The van der Waals surface area contributed by atoms with Gasteiger partial charge >= 0.3 is 0 Å². The van der Waals surface area contributed by atoms with Crippen molar-refractivity contribution < 1.29 is 19.1 Å². The van der Waals surface area contributed by atoms with Gasteiger partial charge < -0.3 is 0 Å². The lowest BCUT2D eigenvalue weighted by Crippen LogP contribution is -2.46. The first-order valence-corrected chi connectivity index (χ1v) is 6.98. The number of unbranched alkanes of at least 4 members (excludes halogenated alkanes) is 1. The highest BCUT2D eigenvalue weighted by Gasteiger charge is 2.07. The van der Waals surface area contributed by atoms with Crippen LogP contribution in [0.3, 0.4) is 0 Å². The van der Waals surface area contributed by atoms with Crippen molar-refractivity contribution in [3.8, 4) is 0 Å². The molecule has 0 aliphatic heterocycles. The molecule has 2 aromatic rings. The van der Waals surface area contributed by atoms with Gasteiger partial charge in [0.25, 0.3) is 0 Å². The van der Waals surface area contributed by atoms with Gasteiger partial charge in [-0.05, 0) is 25.0 Å². The fraction of sp³-hybridized carbons (Fsp3) is 0.375. The van der Waals surface area contributed by atoms with E-state index < -0.39 is 0 Å². The van der Waals surface area contributed by atoms with Crippen molar-refractivity contribution in [3.63, 3.8) is 0 Å². The van der Waals surface area contributed by atoms with Crippen molar-refractivity contribution in [2.24, 2.45) is 0 Å². The maximum absolute atomic E-state index is 5.67. The zero-order chi connectivity index (χ0) is 14.2. The number of rotatable bonds is 7. The van der Waals surface area contributed by atoms with Crippen LogP contribution in [0.5, 0.6) is 0 Å². The summed E-state index contributed by atoms with van der Waals surface area (Å²) in [4.78, 5) is 11.3. The van der Waals surface area contributed by atoms with Crippen LogP contribution in [0.2, 0.25) is 0 Å². The minimum Gasteiger partial charge on any atom is -0.271 e. The highest BCUT2D eigenvalue weighted by atomic mass is 16.7. The molecule has 4 heteroatoms. The van der Waals surface area contributed by atoms with Gasteiger partial charge in [0.2, 0.25) is 23.8 Å². The normalized spacial score (nSPS) is 10.3. The van der Waals surface area contributed by atoms with E-state index >= 15 is 0 Å². The molecule has 106 valence electrons. The summed E-state index contributed by atoms with van der Waals surface area (Å²) in [7, 11) is 0. The first-order valence-electron chi connectivity index (χ1n) is 6.98. The largest absolute Gasteiger partial charge is 0.271 e. The molecular formula is C16H22N2O2+2. The van der Waals surface area contributed by atoms with Crippen LogP contribution in [-0.2, 0) is 0 Å². The fourth-order valence-corrected chi connectivity index (χ4v) is 1.85. The molecule has 2 rings (SSSR count). The smallest absolute Gasteiger partial charge is 0.231 e. The average Bonchev–Trinajstić information content (AvgIpc) is 2.46. The molecule has 0 aliphatic carbocycles. The summed E-state index contributed by atoms with van der Waals surface area (Å²) in [5.74, 6) is 0. The average molecular weight is 274 g/mol. The summed E-state index contributed by atoms with van der Waals surface area (Å²) in [6.07, 6.45) is 5.78. The molecule has 0 radical (unpaired) electrons. The Kier molecular flexibility index (Phi) is 5.35. The predicted octanol–water partition coefficient (Wildman–Crippen LogP) is 1.22. The lowest BCUT2D eigenvalue weighted by atomic mass is 10.3. The Morgan fingerprint density at radius 2 is 1.20 bits per heavy atom. The van der Waals surface area contributed by atoms with Crippen LogP contribution in [0.25, 0.3) is 0 Å². The number of nitrogens with zero attached hydrogens (tertiary/aromatic N) is 2. The van der Waals surface area contributed by atoms with Gasteiger partial charge in [0.1, 0.15) is 0 Å². The molecule has 0 saturated carbocycles. The summed E-state index contributed by atoms with van der Waals surface area (Å²) in [6.45, 7) is 5.44. The molecule has 0 amide bonds. The third-order valence-electron chi connectivity index (χ3n) is 3.03. The fourth-order valence-electron chi connectivity index (χ4n) is 1.85. The minimum absolute atomic E-state index is 0.692. The summed E-state index contributed by atoms with van der Waals surface area (Å²) in [5.41, 5.74) is 2.19. The molecule has 0 fully saturated rings. The maximum Gasteiger partial charge on any atom is 0.231 e. The van der Waals surface area contributed by atoms with Crippen LogP contribution in [0, 0.1) is 13.8 Å². The maximum atomic E-state index is 5.67. The van der Waals surface area contributed by atoms with Crippen LogP contribution in [0.4, 0.5) is 0 Å². The van der Waals surface area contributed by atoms with Gasteiger partial charge in [-0.25, -0.2) is 0 Å². The van der Waals surface area contributed by atoms with E-state index in [0.29, 0.717) is 13.2 Å². The first kappa shape index (κ1) is 14.3. The molecule has 0 unspecified atom stereocenters. The molecular weight excluding hydrogens is 252 g/mol. The summed E-state index contributed by atoms with van der Waals surface area (Å²) < 4.78 is 3.61. The zero-order valence-electron chi connectivity index (χ0n) is 12.2. The summed E-state index contributed by atoms with van der Waals surface area (Å²) in [6, 6.07) is 12.0. The van der Waals surface area contributed by atoms with Crippen LogP contribution in [0.15, 0.2) is 48.8 Å². The zero-order valence-corrected chi connectivity index (χ0v) is 12.2. The van der Waals surface area contributed by atoms with Crippen molar-refractivity contribution in [1.29, 1.82) is 0 Å². The quantitative estimate of drug-likeness (QED) is 0.560. The van der Waals surface area contributed by atoms with E-state index in [9.17, 15) is 0 Å². The Bertz CT molecular complexity index is 494. The number of aromatic nitrogens is 2. The third kappa shape index (κ3) is 4.23. The lowest BCUT2D eigenvalue weighted by molar-refractivity contribution is -0.897. The van der Waals surface area contributed by atoms with Crippen LogP contribution < -0.4 is 19.1 Å². The lowest BCUT2D eigenvalue weighted by Gasteiger charge is -2.01. The van der Waals surface area contributed by atoms with Crippen LogP contribution in [-0.4, -0.2) is 13.2 Å². The molecule has 0 spiro atoms. The minimum atomic E-state index is 0.692. The Labute approximate surface area is 120 Å². The number of hydrogen-bond donors (Lipinski definition) is 0. The van der Waals surface area contributed by atoms with Gasteiger partial charge in [-0.1, -0.05) is 0 Å². The van der Waals surface area contributed by atoms with Gasteiger partial charge in [0.05, 0.1) is 0 Å². The van der Waals surface area contributed by atoms with Gasteiger partial charge in [0.15, 0.2) is 13.2 Å². The van der Waals surface area contributed by atoms with Crippen molar-refractivity contribution in [2.75, 3.05) is 13.2 Å². The Balaban J connectivity index is 1.63. The first-order chi connectivity index (χ1) is 9.77. The highest BCUT2D eigenvalue weighted by Crippen LogP contribution is 1.90. The summed E-state index contributed by atoms with van der Waals surface area (Å²) in [5, 5.41) is 0. The number of aryl methyl sites for hydroxylation is 2. The molecule has 0 aromatic carbocycles. The monoisotopic (exact) mass is 274 g/mol. The van der Waals surface area contributed by atoms with E-state index in [1.807, 2.05) is 62.6 Å². The van der Waals surface area contributed by atoms with E-state index in [-0.39, 0.29) is 0 Å². The second kappa shape index (κ2) is 7.48. The van der Waals surface area contributed by atoms with Crippen molar-refractivity contribution in [1.82, 2.24) is 0 Å². The van der Waals surface area contributed by atoms with Crippen molar-refractivity contribution in [2.45, 2.75) is 26.7 Å². The molecule has 4 nitrogen and oxygen atoms in total. The molecule has 2 heterocycles. The predicted molar refractivity (Wildman–Crippen MR) is 74.9 cm³/mol.